The van der Waals surface area contributed by atoms with E-state index >= 15 is 0 Å². The fourth-order valence-electron chi connectivity index (χ4n) is 2.03. The summed E-state index contributed by atoms with van der Waals surface area (Å²) in [6.07, 6.45) is 0. The third kappa shape index (κ3) is 3.58. The number of aryl methyl sites for hydroxylation is 1. The molecule has 0 saturated carbocycles. The first-order chi connectivity index (χ1) is 9.60. The zero-order valence-electron chi connectivity index (χ0n) is 12.1. The van der Waals surface area contributed by atoms with Crippen molar-refractivity contribution in [3.63, 3.8) is 0 Å². The normalized spacial score (nSPS) is 12.2. The number of methoxy groups -OCH3 is 1. The Kier molecular flexibility index (Phi) is 4.74. The maximum Gasteiger partial charge on any atom is 0.131 e. The molecule has 0 fully saturated rings. The van der Waals surface area contributed by atoms with E-state index in [1.165, 1.54) is 24.3 Å². The molecule has 0 saturated heterocycles. The van der Waals surface area contributed by atoms with Gasteiger partial charge in [0.25, 0.3) is 0 Å². The number of hydrogen-bond donors (Lipinski definition) is 1. The smallest absolute Gasteiger partial charge is 0.131 e. The monoisotopic (exact) mass is 273 g/mol. The summed E-state index contributed by atoms with van der Waals surface area (Å²) in [7, 11) is 1.53. The molecular weight excluding hydrogens is 253 g/mol. The lowest BCUT2D eigenvalue weighted by atomic mass is 10.1. The largest absolute Gasteiger partial charge is 0.497 e. The first-order valence-electron chi connectivity index (χ1n) is 6.72. The summed E-state index contributed by atoms with van der Waals surface area (Å²) >= 11 is 0. The lowest BCUT2D eigenvalue weighted by Gasteiger charge is -2.15. The van der Waals surface area contributed by atoms with Gasteiger partial charge in [-0.2, -0.15) is 0 Å². The maximum atomic E-state index is 13.8. The molecule has 106 valence electrons. The van der Waals surface area contributed by atoms with Gasteiger partial charge in [-0.3, -0.25) is 0 Å². The third-order valence-corrected chi connectivity index (χ3v) is 3.44. The Bertz CT molecular complexity index is 566. The van der Waals surface area contributed by atoms with Crippen molar-refractivity contribution in [3.05, 3.63) is 65.0 Å². The van der Waals surface area contributed by atoms with Crippen molar-refractivity contribution in [2.45, 2.75) is 26.4 Å². The molecule has 0 aromatic heterocycles. The van der Waals surface area contributed by atoms with Crippen LogP contribution >= 0.6 is 0 Å². The Morgan fingerprint density at radius 3 is 2.45 bits per heavy atom. The highest BCUT2D eigenvalue weighted by atomic mass is 19.1. The Hall–Kier alpha value is -1.87. The molecule has 1 atom stereocenters. The topological polar surface area (TPSA) is 21.3 Å². The van der Waals surface area contributed by atoms with Crippen molar-refractivity contribution in [1.29, 1.82) is 0 Å². The first kappa shape index (κ1) is 14.5. The minimum Gasteiger partial charge on any atom is -0.497 e. The molecule has 0 aliphatic carbocycles. The summed E-state index contributed by atoms with van der Waals surface area (Å²) in [4.78, 5) is 0. The lowest BCUT2D eigenvalue weighted by molar-refractivity contribution is 0.410. The van der Waals surface area contributed by atoms with E-state index in [-0.39, 0.29) is 11.9 Å². The van der Waals surface area contributed by atoms with Crippen molar-refractivity contribution >= 4 is 0 Å². The van der Waals surface area contributed by atoms with Gasteiger partial charge >= 0.3 is 0 Å². The molecule has 1 N–H and O–H groups in total. The van der Waals surface area contributed by atoms with Gasteiger partial charge in [0.2, 0.25) is 0 Å². The van der Waals surface area contributed by atoms with E-state index in [2.05, 4.69) is 43.4 Å². The van der Waals surface area contributed by atoms with E-state index in [0.717, 1.165) is 0 Å². The van der Waals surface area contributed by atoms with Gasteiger partial charge in [0.1, 0.15) is 11.6 Å². The molecule has 0 heterocycles. The van der Waals surface area contributed by atoms with Gasteiger partial charge < -0.3 is 10.1 Å². The summed E-state index contributed by atoms with van der Waals surface area (Å²) in [5.74, 6) is 0.297. The SMILES string of the molecule is COc1ccc(CN[C@@H](C)c2ccc(C)cc2)c(F)c1. The van der Waals surface area contributed by atoms with Gasteiger partial charge in [-0.05, 0) is 25.5 Å². The van der Waals surface area contributed by atoms with Crippen LogP contribution in [0.25, 0.3) is 0 Å². The van der Waals surface area contributed by atoms with E-state index < -0.39 is 0 Å². The molecule has 0 amide bonds. The Morgan fingerprint density at radius 2 is 1.85 bits per heavy atom. The van der Waals surface area contributed by atoms with Crippen LogP contribution < -0.4 is 10.1 Å². The van der Waals surface area contributed by atoms with Crippen molar-refractivity contribution in [1.82, 2.24) is 5.32 Å². The van der Waals surface area contributed by atoms with Crippen molar-refractivity contribution in [2.75, 3.05) is 7.11 Å². The molecule has 2 rings (SSSR count). The predicted octanol–water partition coefficient (Wildman–Crippen LogP) is 3.99. The molecule has 2 aromatic carbocycles. The zero-order valence-corrected chi connectivity index (χ0v) is 12.1. The minimum absolute atomic E-state index is 0.178. The highest BCUT2D eigenvalue weighted by Crippen LogP contribution is 2.18. The summed E-state index contributed by atoms with van der Waals surface area (Å²) in [6.45, 7) is 4.63. The standard InChI is InChI=1S/C17H20FNO/c1-12-4-6-14(7-5-12)13(2)19-11-15-8-9-16(20-3)10-17(15)18/h4-10,13,19H,11H2,1-3H3/t13-/m0/s1. The number of nitrogens with one attached hydrogen (secondary N) is 1. The van der Waals surface area contributed by atoms with Crippen LogP contribution in [0.2, 0.25) is 0 Å². The van der Waals surface area contributed by atoms with Crippen LogP contribution in [0.15, 0.2) is 42.5 Å². The predicted molar refractivity (Wildman–Crippen MR) is 79.4 cm³/mol. The number of ether oxygens (including phenoxy) is 1. The van der Waals surface area contributed by atoms with E-state index in [0.29, 0.717) is 17.9 Å². The molecule has 0 unspecified atom stereocenters. The van der Waals surface area contributed by atoms with E-state index in [4.69, 9.17) is 4.74 Å². The zero-order chi connectivity index (χ0) is 14.5. The lowest BCUT2D eigenvalue weighted by Crippen LogP contribution is -2.18. The molecule has 0 bridgehead atoms. The first-order valence-corrected chi connectivity index (χ1v) is 6.72. The average Bonchev–Trinajstić information content (AvgIpc) is 2.46. The molecule has 0 spiro atoms. The van der Waals surface area contributed by atoms with Crippen LogP contribution in [0, 0.1) is 12.7 Å². The fourth-order valence-corrected chi connectivity index (χ4v) is 2.03. The summed E-state index contributed by atoms with van der Waals surface area (Å²) in [6, 6.07) is 13.5. The summed E-state index contributed by atoms with van der Waals surface area (Å²) in [5, 5.41) is 3.33. The van der Waals surface area contributed by atoms with E-state index in [1.54, 1.807) is 12.1 Å². The fraction of sp³-hybridized carbons (Fsp3) is 0.294. The average molecular weight is 273 g/mol. The van der Waals surface area contributed by atoms with Crippen LogP contribution in [0.1, 0.15) is 29.7 Å². The van der Waals surface area contributed by atoms with Gasteiger partial charge in [-0.15, -0.1) is 0 Å². The van der Waals surface area contributed by atoms with Gasteiger partial charge in [0.05, 0.1) is 7.11 Å². The maximum absolute atomic E-state index is 13.8. The highest BCUT2D eigenvalue weighted by Gasteiger charge is 2.08. The molecule has 20 heavy (non-hydrogen) atoms. The van der Waals surface area contributed by atoms with Crippen LogP contribution in [0.5, 0.6) is 5.75 Å². The number of rotatable bonds is 5. The highest BCUT2D eigenvalue weighted by molar-refractivity contribution is 5.29. The minimum atomic E-state index is -0.243. The summed E-state index contributed by atoms with van der Waals surface area (Å²) in [5.41, 5.74) is 3.08. The summed E-state index contributed by atoms with van der Waals surface area (Å²) < 4.78 is 18.8. The molecular formula is C17H20FNO. The van der Waals surface area contributed by atoms with Crippen molar-refractivity contribution in [3.8, 4) is 5.75 Å². The van der Waals surface area contributed by atoms with Crippen molar-refractivity contribution < 1.29 is 9.13 Å². The number of benzene rings is 2. The van der Waals surface area contributed by atoms with Crippen LogP contribution in [0.3, 0.4) is 0 Å². The van der Waals surface area contributed by atoms with Crippen molar-refractivity contribution in [2.24, 2.45) is 0 Å². The van der Waals surface area contributed by atoms with Crippen LogP contribution in [0.4, 0.5) is 4.39 Å². The Morgan fingerprint density at radius 1 is 1.15 bits per heavy atom. The van der Waals surface area contributed by atoms with Gasteiger partial charge in [0.15, 0.2) is 0 Å². The molecule has 0 aliphatic rings. The second kappa shape index (κ2) is 6.53. The molecule has 3 heteroatoms. The molecule has 2 aromatic rings. The van der Waals surface area contributed by atoms with Gasteiger partial charge in [-0.25, -0.2) is 4.39 Å². The second-order valence-corrected chi connectivity index (χ2v) is 4.97. The van der Waals surface area contributed by atoms with E-state index in [1.807, 2.05) is 0 Å². The van der Waals surface area contributed by atoms with Crippen LogP contribution in [-0.4, -0.2) is 7.11 Å². The Labute approximate surface area is 119 Å². The molecule has 0 aliphatic heterocycles. The third-order valence-electron chi connectivity index (χ3n) is 3.44. The second-order valence-electron chi connectivity index (χ2n) is 4.97. The van der Waals surface area contributed by atoms with E-state index in [9.17, 15) is 4.39 Å². The molecule has 2 nitrogen and oxygen atoms in total. The molecule has 0 radical (unpaired) electrons. The number of hydrogen-bond acceptors (Lipinski definition) is 2. The van der Waals surface area contributed by atoms with Gasteiger partial charge in [0, 0.05) is 24.2 Å². The van der Waals surface area contributed by atoms with Crippen LogP contribution in [-0.2, 0) is 6.54 Å². The number of halogens is 1. The van der Waals surface area contributed by atoms with Gasteiger partial charge in [-0.1, -0.05) is 35.9 Å². The Balaban J connectivity index is 1.99. The quantitative estimate of drug-likeness (QED) is 0.889.